The largest absolute Gasteiger partial charge is 0.491 e. The molecule has 28 heavy (non-hydrogen) atoms. The van der Waals surface area contributed by atoms with Crippen LogP contribution in [0.5, 0.6) is 5.75 Å². The molecule has 0 saturated heterocycles. The lowest BCUT2D eigenvalue weighted by Crippen LogP contribution is -3.05. The van der Waals surface area contributed by atoms with E-state index < -0.39 is 0 Å². The average molecular weight is 384 g/mol. The lowest BCUT2D eigenvalue weighted by Gasteiger charge is -2.19. The molecule has 0 aliphatic heterocycles. The fourth-order valence-electron chi connectivity index (χ4n) is 3.21. The molecule has 4 heteroatoms. The first-order valence-electron chi connectivity index (χ1n) is 10.2. The van der Waals surface area contributed by atoms with Crippen LogP contribution in [0.2, 0.25) is 0 Å². The maximum atomic E-state index is 12.6. The second-order valence-electron chi connectivity index (χ2n) is 8.06. The predicted octanol–water partition coefficient (Wildman–Crippen LogP) is 2.96. The van der Waals surface area contributed by atoms with Gasteiger partial charge in [0.25, 0.3) is 0 Å². The van der Waals surface area contributed by atoms with Crippen molar-refractivity contribution in [1.82, 2.24) is 5.32 Å². The number of amides is 1. The number of nitrogens with one attached hydrogen (secondary N) is 2. The number of hydrogen-bond donors (Lipinski definition) is 2. The van der Waals surface area contributed by atoms with Crippen molar-refractivity contribution >= 4 is 5.91 Å². The van der Waals surface area contributed by atoms with E-state index in [1.54, 1.807) is 0 Å². The van der Waals surface area contributed by atoms with Gasteiger partial charge >= 0.3 is 0 Å². The van der Waals surface area contributed by atoms with Gasteiger partial charge in [-0.05, 0) is 44.0 Å². The maximum Gasteiger partial charge on any atom is 0.220 e. The van der Waals surface area contributed by atoms with Crippen molar-refractivity contribution in [2.75, 3.05) is 27.2 Å². The summed E-state index contributed by atoms with van der Waals surface area (Å²) in [6.07, 6.45) is 1.58. The van der Waals surface area contributed by atoms with Crippen molar-refractivity contribution in [3.05, 3.63) is 65.2 Å². The molecule has 2 aromatic carbocycles. The second kappa shape index (κ2) is 10.9. The lowest BCUT2D eigenvalue weighted by molar-refractivity contribution is -0.858. The Morgan fingerprint density at radius 2 is 1.57 bits per heavy atom. The van der Waals surface area contributed by atoms with Crippen LogP contribution in [0.15, 0.2) is 48.5 Å². The molecule has 2 rings (SSSR count). The summed E-state index contributed by atoms with van der Waals surface area (Å²) in [6.45, 7) is 7.90. The van der Waals surface area contributed by atoms with Crippen molar-refractivity contribution < 1.29 is 14.4 Å². The quantitative estimate of drug-likeness (QED) is 0.620. The van der Waals surface area contributed by atoms with E-state index in [0.717, 1.165) is 36.4 Å². The van der Waals surface area contributed by atoms with Crippen molar-refractivity contribution in [3.63, 3.8) is 0 Å². The Morgan fingerprint density at radius 3 is 2.11 bits per heavy atom. The van der Waals surface area contributed by atoms with Gasteiger partial charge < -0.3 is 15.0 Å². The smallest absolute Gasteiger partial charge is 0.220 e. The number of ether oxygens (including phenoxy) is 1. The fourth-order valence-corrected chi connectivity index (χ4v) is 3.21. The highest BCUT2D eigenvalue weighted by atomic mass is 16.5. The summed E-state index contributed by atoms with van der Waals surface area (Å²) in [6, 6.07) is 16.6. The third-order valence-corrected chi connectivity index (χ3v) is 4.70. The Kier molecular flexibility index (Phi) is 8.52. The van der Waals surface area contributed by atoms with Gasteiger partial charge in [0, 0.05) is 25.3 Å². The van der Waals surface area contributed by atoms with Crippen LogP contribution in [0.3, 0.4) is 0 Å². The van der Waals surface area contributed by atoms with Crippen molar-refractivity contribution in [2.45, 2.75) is 45.6 Å². The van der Waals surface area contributed by atoms with Crippen LogP contribution >= 0.6 is 0 Å². The third kappa shape index (κ3) is 7.35. The highest BCUT2D eigenvalue weighted by Crippen LogP contribution is 2.30. The molecule has 1 atom stereocenters. The Labute approximate surface area is 169 Å². The minimum atomic E-state index is 0.0353. The van der Waals surface area contributed by atoms with Crippen LogP contribution in [-0.2, 0) is 4.79 Å². The number of carbonyl (C=O) groups excluding carboxylic acids is 1. The summed E-state index contributed by atoms with van der Waals surface area (Å²) in [5.41, 5.74) is 3.52. The van der Waals surface area contributed by atoms with E-state index >= 15 is 0 Å². The summed E-state index contributed by atoms with van der Waals surface area (Å²) in [4.78, 5) is 14.0. The standard InChI is InChI=1S/C24H34N2O2/c1-18(2)28-22-13-11-21(12-14-22)23(20-9-7-19(3)8-10-20)17-24(27)25-15-6-16-26(4)5/h7-14,18,23H,6,15-17H2,1-5H3,(H,25,27)/p+1/t23-/m1/s1. The molecule has 0 aliphatic rings. The molecule has 2 aromatic rings. The molecule has 4 nitrogen and oxygen atoms in total. The van der Waals surface area contributed by atoms with Gasteiger partial charge in [-0.3, -0.25) is 4.79 Å². The molecule has 1 amide bonds. The van der Waals surface area contributed by atoms with Crippen LogP contribution in [0.1, 0.15) is 49.3 Å². The van der Waals surface area contributed by atoms with Gasteiger partial charge in [0.15, 0.2) is 0 Å². The molecule has 0 aromatic heterocycles. The van der Waals surface area contributed by atoms with Crippen LogP contribution < -0.4 is 15.0 Å². The first-order valence-corrected chi connectivity index (χ1v) is 10.2. The van der Waals surface area contributed by atoms with Gasteiger partial charge in [-0.15, -0.1) is 0 Å². The molecule has 0 saturated carbocycles. The minimum absolute atomic E-state index is 0.0353. The first kappa shape index (κ1) is 22.0. The van der Waals surface area contributed by atoms with E-state index in [9.17, 15) is 4.79 Å². The van der Waals surface area contributed by atoms with E-state index in [1.807, 2.05) is 26.0 Å². The molecule has 0 spiro atoms. The van der Waals surface area contributed by atoms with E-state index in [-0.39, 0.29) is 17.9 Å². The molecule has 0 bridgehead atoms. The summed E-state index contributed by atoms with van der Waals surface area (Å²) < 4.78 is 5.75. The molecule has 0 heterocycles. The zero-order chi connectivity index (χ0) is 20.5. The number of quaternary nitrogens is 1. The van der Waals surface area contributed by atoms with Crippen LogP contribution in [-0.4, -0.2) is 39.2 Å². The Bertz CT molecular complexity index is 721. The summed E-state index contributed by atoms with van der Waals surface area (Å²) in [7, 11) is 4.25. The molecule has 0 fully saturated rings. The van der Waals surface area contributed by atoms with E-state index in [2.05, 4.69) is 62.7 Å². The topological polar surface area (TPSA) is 42.8 Å². The first-order chi connectivity index (χ1) is 13.3. The Balaban J connectivity index is 2.11. The minimum Gasteiger partial charge on any atom is -0.491 e. The highest BCUT2D eigenvalue weighted by Gasteiger charge is 2.18. The summed E-state index contributed by atoms with van der Waals surface area (Å²) in [5, 5.41) is 3.08. The number of carbonyl (C=O) groups is 1. The normalized spacial score (nSPS) is 12.2. The number of benzene rings is 2. The van der Waals surface area contributed by atoms with Crippen molar-refractivity contribution in [3.8, 4) is 5.75 Å². The monoisotopic (exact) mass is 383 g/mol. The summed E-state index contributed by atoms with van der Waals surface area (Å²) >= 11 is 0. The second-order valence-corrected chi connectivity index (χ2v) is 8.06. The summed E-state index contributed by atoms with van der Waals surface area (Å²) in [5.74, 6) is 0.993. The van der Waals surface area contributed by atoms with Gasteiger partial charge in [0.1, 0.15) is 5.75 Å². The van der Waals surface area contributed by atoms with Crippen LogP contribution in [0, 0.1) is 6.92 Å². The molecule has 152 valence electrons. The number of aryl methyl sites for hydroxylation is 1. The van der Waals surface area contributed by atoms with Gasteiger partial charge in [-0.2, -0.15) is 0 Å². The molecule has 2 N–H and O–H groups in total. The van der Waals surface area contributed by atoms with E-state index in [1.165, 1.54) is 10.5 Å². The zero-order valence-corrected chi connectivity index (χ0v) is 17.9. The molecule has 0 radical (unpaired) electrons. The fraction of sp³-hybridized carbons (Fsp3) is 0.458. The van der Waals surface area contributed by atoms with Gasteiger partial charge in [0.05, 0.1) is 26.7 Å². The third-order valence-electron chi connectivity index (χ3n) is 4.70. The van der Waals surface area contributed by atoms with Crippen LogP contribution in [0.4, 0.5) is 0 Å². The van der Waals surface area contributed by atoms with Crippen molar-refractivity contribution in [1.29, 1.82) is 0 Å². The molecule has 0 aliphatic carbocycles. The highest BCUT2D eigenvalue weighted by molar-refractivity contribution is 5.77. The molecular formula is C24H35N2O2+. The van der Waals surface area contributed by atoms with Gasteiger partial charge in [-0.1, -0.05) is 42.0 Å². The average Bonchev–Trinajstić information content (AvgIpc) is 2.64. The van der Waals surface area contributed by atoms with E-state index in [0.29, 0.717) is 6.42 Å². The van der Waals surface area contributed by atoms with Crippen molar-refractivity contribution in [2.24, 2.45) is 0 Å². The lowest BCUT2D eigenvalue weighted by atomic mass is 9.88. The van der Waals surface area contributed by atoms with Crippen LogP contribution in [0.25, 0.3) is 0 Å². The maximum absolute atomic E-state index is 12.6. The Morgan fingerprint density at radius 1 is 1.00 bits per heavy atom. The molecular weight excluding hydrogens is 348 g/mol. The van der Waals surface area contributed by atoms with Gasteiger partial charge in [-0.25, -0.2) is 0 Å². The zero-order valence-electron chi connectivity index (χ0n) is 17.9. The van der Waals surface area contributed by atoms with Gasteiger partial charge in [0.2, 0.25) is 5.91 Å². The van der Waals surface area contributed by atoms with E-state index in [4.69, 9.17) is 4.74 Å². The predicted molar refractivity (Wildman–Crippen MR) is 115 cm³/mol. The number of hydrogen-bond acceptors (Lipinski definition) is 2. The SMILES string of the molecule is Cc1ccc([C@@H](CC(=O)NCCC[NH+](C)C)c2ccc(OC(C)C)cc2)cc1. The Hall–Kier alpha value is -2.33. The number of rotatable bonds is 10. The molecule has 0 unspecified atom stereocenters.